The summed E-state index contributed by atoms with van der Waals surface area (Å²) < 4.78 is 10.9. The topological polar surface area (TPSA) is 101 Å². The van der Waals surface area contributed by atoms with E-state index in [0.29, 0.717) is 37.6 Å². The van der Waals surface area contributed by atoms with Crippen molar-refractivity contribution in [3.63, 3.8) is 0 Å². The van der Waals surface area contributed by atoms with Crippen LogP contribution >= 0.6 is 0 Å². The molecule has 0 aliphatic carbocycles. The van der Waals surface area contributed by atoms with Gasteiger partial charge in [-0.1, -0.05) is 0 Å². The lowest BCUT2D eigenvalue weighted by Crippen LogP contribution is -2.40. The summed E-state index contributed by atoms with van der Waals surface area (Å²) >= 11 is 0. The number of hydrogen-bond donors (Lipinski definition) is 1. The van der Waals surface area contributed by atoms with E-state index in [-0.39, 0.29) is 37.0 Å². The average molecular weight is 418 g/mol. The summed E-state index contributed by atoms with van der Waals surface area (Å²) in [4.78, 5) is 44.3. The number of nitrogens with one attached hydrogen (secondary N) is 1. The number of urea groups is 1. The number of carbonyl (C=O) groups is 3. The molecule has 2 aliphatic heterocycles. The number of esters is 1. The summed E-state index contributed by atoms with van der Waals surface area (Å²) in [6.45, 7) is 4.76. The van der Waals surface area contributed by atoms with Gasteiger partial charge in [0.1, 0.15) is 11.7 Å². The summed E-state index contributed by atoms with van der Waals surface area (Å²) in [6, 6.07) is 3.24. The lowest BCUT2D eigenvalue weighted by atomic mass is 10.1. The van der Waals surface area contributed by atoms with Crippen molar-refractivity contribution >= 4 is 17.9 Å². The smallest absolute Gasteiger partial charge is 0.317 e. The van der Waals surface area contributed by atoms with Gasteiger partial charge in [-0.25, -0.2) is 9.78 Å². The second kappa shape index (κ2) is 10.8. The molecule has 164 valence electrons. The van der Waals surface area contributed by atoms with Crippen LogP contribution in [0.2, 0.25) is 0 Å². The van der Waals surface area contributed by atoms with Gasteiger partial charge in [0, 0.05) is 38.8 Å². The quantitative estimate of drug-likeness (QED) is 0.678. The molecule has 1 atom stereocenters. The molecule has 0 radical (unpaired) electrons. The molecule has 2 saturated heterocycles. The van der Waals surface area contributed by atoms with Crippen LogP contribution in [0.5, 0.6) is 5.88 Å². The minimum atomic E-state index is -0.332. The van der Waals surface area contributed by atoms with Gasteiger partial charge in [-0.2, -0.15) is 0 Å². The molecule has 2 fully saturated rings. The molecule has 1 aromatic rings. The van der Waals surface area contributed by atoms with E-state index in [1.165, 1.54) is 0 Å². The number of likely N-dealkylation sites (tertiary alicyclic amines) is 2. The summed E-state index contributed by atoms with van der Waals surface area (Å²) in [6.07, 6.45) is 5.36. The minimum Gasteiger partial charge on any atom is -0.472 e. The first kappa shape index (κ1) is 21.9. The summed E-state index contributed by atoms with van der Waals surface area (Å²) in [5.74, 6) is -0.0616. The van der Waals surface area contributed by atoms with Crippen LogP contribution in [0.25, 0.3) is 0 Å². The van der Waals surface area contributed by atoms with E-state index in [2.05, 4.69) is 10.3 Å². The number of hydrogen-bond acceptors (Lipinski definition) is 6. The Hall–Kier alpha value is -2.84. The molecule has 3 heterocycles. The van der Waals surface area contributed by atoms with Crippen molar-refractivity contribution in [2.75, 3.05) is 39.3 Å². The van der Waals surface area contributed by atoms with Crippen LogP contribution in [0.1, 0.15) is 49.4 Å². The molecule has 1 unspecified atom stereocenters. The first-order chi connectivity index (χ1) is 14.6. The molecule has 0 bridgehead atoms. The molecule has 0 aromatic carbocycles. The van der Waals surface area contributed by atoms with Gasteiger partial charge in [-0.3, -0.25) is 9.59 Å². The van der Waals surface area contributed by atoms with Gasteiger partial charge >= 0.3 is 12.0 Å². The normalized spacial score (nSPS) is 18.8. The molecule has 1 N–H and O–H groups in total. The highest BCUT2D eigenvalue weighted by Crippen LogP contribution is 2.23. The van der Waals surface area contributed by atoms with Crippen molar-refractivity contribution in [1.82, 2.24) is 20.1 Å². The number of ether oxygens (including phenoxy) is 2. The van der Waals surface area contributed by atoms with Gasteiger partial charge < -0.3 is 24.6 Å². The Kier molecular flexibility index (Phi) is 7.87. The maximum absolute atomic E-state index is 12.9. The van der Waals surface area contributed by atoms with Gasteiger partial charge in [0.15, 0.2) is 0 Å². The maximum atomic E-state index is 12.9. The van der Waals surface area contributed by atoms with Gasteiger partial charge in [0.05, 0.1) is 19.6 Å². The largest absolute Gasteiger partial charge is 0.472 e. The predicted molar refractivity (Wildman–Crippen MR) is 109 cm³/mol. The molecule has 1 aromatic heterocycles. The van der Waals surface area contributed by atoms with E-state index in [1.807, 2.05) is 4.90 Å². The number of rotatable bonds is 7. The average Bonchev–Trinajstić information content (AvgIpc) is 3.23. The van der Waals surface area contributed by atoms with Crippen LogP contribution in [0, 0.1) is 0 Å². The second-order valence-corrected chi connectivity index (χ2v) is 7.47. The van der Waals surface area contributed by atoms with E-state index < -0.39 is 0 Å². The Morgan fingerprint density at radius 2 is 1.97 bits per heavy atom. The number of pyridine rings is 1. The fraction of sp³-hybridized carbons (Fsp3) is 0.619. The second-order valence-electron chi connectivity index (χ2n) is 7.47. The Morgan fingerprint density at radius 1 is 1.17 bits per heavy atom. The third kappa shape index (κ3) is 5.84. The molecule has 3 amide bonds. The zero-order valence-corrected chi connectivity index (χ0v) is 17.5. The Morgan fingerprint density at radius 3 is 2.73 bits per heavy atom. The van der Waals surface area contributed by atoms with Crippen molar-refractivity contribution in [2.24, 2.45) is 0 Å². The lowest BCUT2D eigenvalue weighted by Gasteiger charge is -2.27. The van der Waals surface area contributed by atoms with Crippen LogP contribution in [0.4, 0.5) is 4.79 Å². The van der Waals surface area contributed by atoms with E-state index in [0.717, 1.165) is 32.4 Å². The minimum absolute atomic E-state index is 0.0515. The van der Waals surface area contributed by atoms with Crippen molar-refractivity contribution in [2.45, 2.75) is 45.1 Å². The van der Waals surface area contributed by atoms with Crippen molar-refractivity contribution in [3.8, 4) is 5.88 Å². The standard InChI is InChI=1S/C21H30N4O5/c1-2-29-18(26)8-11-23-21(28)25-14-9-16(15-25)30-19-17(7-6-10-22-19)20(27)24-12-4-3-5-13-24/h6-7,10,16H,2-5,8-9,11-15H2,1H3,(H,23,28). The molecule has 30 heavy (non-hydrogen) atoms. The number of piperidine rings is 1. The predicted octanol–water partition coefficient (Wildman–Crippen LogP) is 1.82. The number of carbonyl (C=O) groups excluding carboxylic acids is 3. The summed E-state index contributed by atoms with van der Waals surface area (Å²) in [5.41, 5.74) is 0.469. The Bertz CT molecular complexity index is 751. The molecule has 3 rings (SSSR count). The van der Waals surface area contributed by atoms with Crippen molar-refractivity contribution < 1.29 is 23.9 Å². The van der Waals surface area contributed by atoms with Gasteiger partial charge in [0.2, 0.25) is 5.88 Å². The molecule has 9 heteroatoms. The highest BCUT2D eigenvalue weighted by Gasteiger charge is 2.30. The van der Waals surface area contributed by atoms with Crippen LogP contribution in [-0.4, -0.2) is 78.1 Å². The molecule has 9 nitrogen and oxygen atoms in total. The first-order valence-corrected chi connectivity index (χ1v) is 10.7. The number of nitrogens with zero attached hydrogens (tertiary/aromatic N) is 3. The first-order valence-electron chi connectivity index (χ1n) is 10.7. The Labute approximate surface area is 176 Å². The molecular weight excluding hydrogens is 388 g/mol. The molecule has 0 spiro atoms. The van der Waals surface area contributed by atoms with Gasteiger partial charge in [0.25, 0.3) is 5.91 Å². The maximum Gasteiger partial charge on any atom is 0.317 e. The summed E-state index contributed by atoms with van der Waals surface area (Å²) in [7, 11) is 0. The van der Waals surface area contributed by atoms with Gasteiger partial charge in [-0.05, 0) is 38.3 Å². The third-order valence-corrected chi connectivity index (χ3v) is 5.27. The van der Waals surface area contributed by atoms with Gasteiger partial charge in [-0.15, -0.1) is 0 Å². The fourth-order valence-electron chi connectivity index (χ4n) is 3.70. The van der Waals surface area contributed by atoms with E-state index in [4.69, 9.17) is 9.47 Å². The summed E-state index contributed by atoms with van der Waals surface area (Å²) in [5, 5.41) is 2.73. The lowest BCUT2D eigenvalue weighted by molar-refractivity contribution is -0.142. The number of amides is 3. The van der Waals surface area contributed by atoms with E-state index in [9.17, 15) is 14.4 Å². The van der Waals surface area contributed by atoms with Crippen molar-refractivity contribution in [3.05, 3.63) is 23.9 Å². The fourth-order valence-corrected chi connectivity index (χ4v) is 3.70. The highest BCUT2D eigenvalue weighted by molar-refractivity contribution is 5.96. The van der Waals surface area contributed by atoms with Crippen LogP contribution in [-0.2, 0) is 9.53 Å². The molecular formula is C21H30N4O5. The van der Waals surface area contributed by atoms with Crippen LogP contribution < -0.4 is 10.1 Å². The van der Waals surface area contributed by atoms with Crippen molar-refractivity contribution in [1.29, 1.82) is 0 Å². The van der Waals surface area contributed by atoms with E-state index >= 15 is 0 Å². The Balaban J connectivity index is 1.51. The third-order valence-electron chi connectivity index (χ3n) is 5.27. The highest BCUT2D eigenvalue weighted by atomic mass is 16.5. The zero-order chi connectivity index (χ0) is 21.3. The van der Waals surface area contributed by atoms with E-state index in [1.54, 1.807) is 30.2 Å². The van der Waals surface area contributed by atoms with Crippen LogP contribution in [0.3, 0.4) is 0 Å². The molecule has 0 saturated carbocycles. The number of aromatic nitrogens is 1. The van der Waals surface area contributed by atoms with Crippen LogP contribution in [0.15, 0.2) is 18.3 Å². The monoisotopic (exact) mass is 418 g/mol. The SMILES string of the molecule is CCOC(=O)CCNC(=O)N1CCC(Oc2ncccc2C(=O)N2CCCCC2)C1. The zero-order valence-electron chi connectivity index (χ0n) is 17.5. The molecule has 2 aliphatic rings.